The highest BCUT2D eigenvalue weighted by molar-refractivity contribution is 5.92. The zero-order chi connectivity index (χ0) is 11.7. The minimum absolute atomic E-state index is 0.0796. The van der Waals surface area contributed by atoms with Gasteiger partial charge in [0, 0.05) is 19.3 Å². The second-order valence-electron chi connectivity index (χ2n) is 4.93. The summed E-state index contributed by atoms with van der Waals surface area (Å²) in [6.07, 6.45) is 2.80. The van der Waals surface area contributed by atoms with Gasteiger partial charge in [-0.05, 0) is 43.5 Å². The number of nitrogens with zero attached hydrogens (tertiary/aromatic N) is 2. The van der Waals surface area contributed by atoms with E-state index in [2.05, 4.69) is 10.3 Å². The van der Waals surface area contributed by atoms with Crippen molar-refractivity contribution in [2.24, 2.45) is 11.8 Å². The first-order valence-corrected chi connectivity index (χ1v) is 6.25. The number of amides is 1. The smallest absolute Gasteiger partial charge is 0.272 e. The fourth-order valence-electron chi connectivity index (χ4n) is 2.87. The zero-order valence-corrected chi connectivity index (χ0v) is 9.80. The highest BCUT2D eigenvalue weighted by Crippen LogP contribution is 2.27. The van der Waals surface area contributed by atoms with Gasteiger partial charge in [0.05, 0.1) is 0 Å². The summed E-state index contributed by atoms with van der Waals surface area (Å²) in [7, 11) is 0. The van der Waals surface area contributed by atoms with Gasteiger partial charge in [-0.3, -0.25) is 9.78 Å². The molecule has 2 aliphatic heterocycles. The molecule has 3 heterocycles. The van der Waals surface area contributed by atoms with Gasteiger partial charge in [-0.2, -0.15) is 0 Å². The van der Waals surface area contributed by atoms with Gasteiger partial charge in [0.15, 0.2) is 0 Å². The highest BCUT2D eigenvalue weighted by Gasteiger charge is 2.34. The second kappa shape index (κ2) is 4.45. The number of pyridine rings is 1. The Labute approximate surface area is 101 Å². The van der Waals surface area contributed by atoms with Crippen molar-refractivity contribution >= 4 is 5.91 Å². The summed E-state index contributed by atoms with van der Waals surface area (Å²) in [5, 5.41) is 3.41. The molecule has 1 aromatic rings. The maximum atomic E-state index is 12.2. The zero-order valence-electron chi connectivity index (χ0n) is 9.80. The Morgan fingerprint density at radius 3 is 3.06 bits per heavy atom. The number of piperidine rings is 1. The summed E-state index contributed by atoms with van der Waals surface area (Å²) in [5.74, 6) is 1.48. The van der Waals surface area contributed by atoms with Crippen LogP contribution in [0.5, 0.6) is 0 Å². The van der Waals surface area contributed by atoms with Crippen molar-refractivity contribution in [1.29, 1.82) is 0 Å². The largest absolute Gasteiger partial charge is 0.337 e. The summed E-state index contributed by atoms with van der Waals surface area (Å²) in [6.45, 7) is 3.93. The van der Waals surface area contributed by atoms with Gasteiger partial charge in [-0.15, -0.1) is 0 Å². The van der Waals surface area contributed by atoms with Crippen LogP contribution in [0.15, 0.2) is 24.4 Å². The van der Waals surface area contributed by atoms with E-state index in [1.54, 1.807) is 12.3 Å². The molecule has 0 aliphatic carbocycles. The van der Waals surface area contributed by atoms with E-state index in [1.165, 1.54) is 0 Å². The molecule has 90 valence electrons. The van der Waals surface area contributed by atoms with E-state index in [-0.39, 0.29) is 5.91 Å². The lowest BCUT2D eigenvalue weighted by Gasteiger charge is -2.34. The Kier molecular flexibility index (Phi) is 2.81. The molecule has 2 unspecified atom stereocenters. The number of fused-ring (bicyclic) bond motifs is 1. The third-order valence-electron chi connectivity index (χ3n) is 3.88. The number of aromatic nitrogens is 1. The predicted molar refractivity (Wildman–Crippen MR) is 64.6 cm³/mol. The third-order valence-corrected chi connectivity index (χ3v) is 3.88. The Balaban J connectivity index is 1.71. The van der Waals surface area contributed by atoms with Crippen LogP contribution < -0.4 is 5.32 Å². The van der Waals surface area contributed by atoms with Crippen molar-refractivity contribution < 1.29 is 4.79 Å². The number of likely N-dealkylation sites (tertiary alicyclic amines) is 1. The number of hydrogen-bond acceptors (Lipinski definition) is 3. The Hall–Kier alpha value is -1.42. The van der Waals surface area contributed by atoms with Gasteiger partial charge in [-0.1, -0.05) is 6.07 Å². The minimum Gasteiger partial charge on any atom is -0.337 e. The Morgan fingerprint density at radius 1 is 1.35 bits per heavy atom. The fraction of sp³-hybridized carbons (Fsp3) is 0.538. The van der Waals surface area contributed by atoms with Gasteiger partial charge < -0.3 is 10.2 Å². The summed E-state index contributed by atoms with van der Waals surface area (Å²) in [5.41, 5.74) is 0.567. The molecule has 17 heavy (non-hydrogen) atoms. The van der Waals surface area contributed by atoms with Crippen molar-refractivity contribution in [2.75, 3.05) is 26.2 Å². The highest BCUT2D eigenvalue weighted by atomic mass is 16.2. The number of carbonyl (C=O) groups is 1. The van der Waals surface area contributed by atoms with E-state index in [0.29, 0.717) is 11.6 Å². The number of rotatable bonds is 1. The van der Waals surface area contributed by atoms with E-state index < -0.39 is 0 Å². The van der Waals surface area contributed by atoms with Crippen molar-refractivity contribution in [2.45, 2.75) is 6.42 Å². The molecule has 4 heteroatoms. The third kappa shape index (κ3) is 2.05. The van der Waals surface area contributed by atoms with Gasteiger partial charge >= 0.3 is 0 Å². The average Bonchev–Trinajstić information content (AvgIpc) is 2.86. The van der Waals surface area contributed by atoms with E-state index >= 15 is 0 Å². The molecule has 1 aromatic heterocycles. The molecule has 2 aliphatic rings. The Morgan fingerprint density at radius 2 is 2.24 bits per heavy atom. The molecule has 4 nitrogen and oxygen atoms in total. The topological polar surface area (TPSA) is 45.2 Å². The summed E-state index contributed by atoms with van der Waals surface area (Å²) >= 11 is 0. The first-order chi connectivity index (χ1) is 8.34. The molecule has 1 amide bonds. The van der Waals surface area contributed by atoms with Crippen LogP contribution in [0.2, 0.25) is 0 Å². The molecule has 0 aromatic carbocycles. The van der Waals surface area contributed by atoms with E-state index in [4.69, 9.17) is 0 Å². The SMILES string of the molecule is O=C(c1ccccn1)N1CCC2CNCC2C1. The minimum atomic E-state index is 0.0796. The number of hydrogen-bond donors (Lipinski definition) is 1. The van der Waals surface area contributed by atoms with E-state index in [1.807, 2.05) is 17.0 Å². The van der Waals surface area contributed by atoms with Crippen molar-refractivity contribution in [3.8, 4) is 0 Å². The summed E-state index contributed by atoms with van der Waals surface area (Å²) in [6, 6.07) is 5.50. The molecular formula is C13H17N3O. The molecule has 0 saturated carbocycles. The quantitative estimate of drug-likeness (QED) is 0.776. The number of nitrogens with one attached hydrogen (secondary N) is 1. The molecule has 0 bridgehead atoms. The lowest BCUT2D eigenvalue weighted by Crippen LogP contribution is -2.43. The van der Waals surface area contributed by atoms with Crippen LogP contribution in [0.1, 0.15) is 16.9 Å². The molecule has 2 saturated heterocycles. The van der Waals surface area contributed by atoms with E-state index in [9.17, 15) is 4.79 Å². The van der Waals surface area contributed by atoms with Crippen molar-refractivity contribution in [1.82, 2.24) is 15.2 Å². The standard InChI is InChI=1S/C13H17N3O/c17-13(12-3-1-2-5-15-12)16-6-4-10-7-14-8-11(10)9-16/h1-3,5,10-11,14H,4,6-9H2. The lowest BCUT2D eigenvalue weighted by molar-refractivity contribution is 0.0636. The van der Waals surface area contributed by atoms with Crippen LogP contribution in [-0.2, 0) is 0 Å². The summed E-state index contributed by atoms with van der Waals surface area (Å²) < 4.78 is 0. The average molecular weight is 231 g/mol. The molecule has 0 spiro atoms. The maximum absolute atomic E-state index is 12.2. The van der Waals surface area contributed by atoms with Gasteiger partial charge in [0.1, 0.15) is 5.69 Å². The summed E-state index contributed by atoms with van der Waals surface area (Å²) in [4.78, 5) is 18.3. The molecule has 2 fully saturated rings. The Bertz CT molecular complexity index is 406. The van der Waals surface area contributed by atoms with Crippen LogP contribution >= 0.6 is 0 Å². The normalized spacial score (nSPS) is 27.9. The van der Waals surface area contributed by atoms with Crippen LogP contribution in [0.3, 0.4) is 0 Å². The maximum Gasteiger partial charge on any atom is 0.272 e. The number of carbonyl (C=O) groups excluding carboxylic acids is 1. The van der Waals surface area contributed by atoms with Crippen LogP contribution in [0.25, 0.3) is 0 Å². The lowest BCUT2D eigenvalue weighted by atomic mass is 9.88. The van der Waals surface area contributed by atoms with Gasteiger partial charge in [0.2, 0.25) is 0 Å². The first-order valence-electron chi connectivity index (χ1n) is 6.25. The van der Waals surface area contributed by atoms with E-state index in [0.717, 1.165) is 38.5 Å². The fourth-order valence-corrected chi connectivity index (χ4v) is 2.87. The molecule has 0 radical (unpaired) electrons. The molecule has 2 atom stereocenters. The second-order valence-corrected chi connectivity index (χ2v) is 4.93. The van der Waals surface area contributed by atoms with Gasteiger partial charge in [-0.25, -0.2) is 0 Å². The van der Waals surface area contributed by atoms with Crippen LogP contribution in [-0.4, -0.2) is 42.0 Å². The van der Waals surface area contributed by atoms with Gasteiger partial charge in [0.25, 0.3) is 5.91 Å². The monoisotopic (exact) mass is 231 g/mol. The molecule has 1 N–H and O–H groups in total. The first kappa shape index (κ1) is 10.7. The van der Waals surface area contributed by atoms with Crippen LogP contribution in [0, 0.1) is 11.8 Å². The molecule has 3 rings (SSSR count). The molecular weight excluding hydrogens is 214 g/mol. The van der Waals surface area contributed by atoms with Crippen molar-refractivity contribution in [3.05, 3.63) is 30.1 Å². The van der Waals surface area contributed by atoms with Crippen LogP contribution in [0.4, 0.5) is 0 Å². The predicted octanol–water partition coefficient (Wildman–Crippen LogP) is 0.763. The van der Waals surface area contributed by atoms with Crippen molar-refractivity contribution in [3.63, 3.8) is 0 Å².